The van der Waals surface area contributed by atoms with Gasteiger partial charge in [0.25, 0.3) is 0 Å². The lowest BCUT2D eigenvalue weighted by atomic mass is 9.97. The molecule has 1 N–H and O–H groups in total. The number of piperazine rings is 1. The van der Waals surface area contributed by atoms with Gasteiger partial charge in [-0.25, -0.2) is 0 Å². The lowest BCUT2D eigenvalue weighted by Crippen LogP contribution is -2.46. The molecule has 1 saturated heterocycles. The standard InChI is InChI=1S/C21H27N3O/c1-25-21-8-7-20(19-15-22-10-9-18(19)21)24-13-11-23(12-14-24)16-17-5-3-2-4-6-17/h2-8,22H,9-16H2,1H3. The number of fused-ring (bicyclic) bond motifs is 1. The van der Waals surface area contributed by atoms with Crippen LogP contribution in [0, 0.1) is 0 Å². The minimum atomic E-state index is 0.950. The van der Waals surface area contributed by atoms with Crippen molar-refractivity contribution in [1.82, 2.24) is 10.2 Å². The number of ether oxygens (including phenoxy) is 1. The van der Waals surface area contributed by atoms with Gasteiger partial charge in [-0.15, -0.1) is 0 Å². The highest BCUT2D eigenvalue weighted by Gasteiger charge is 2.23. The van der Waals surface area contributed by atoms with Crippen LogP contribution in [-0.4, -0.2) is 44.7 Å². The molecule has 0 saturated carbocycles. The van der Waals surface area contributed by atoms with Crippen LogP contribution in [0.2, 0.25) is 0 Å². The van der Waals surface area contributed by atoms with Gasteiger partial charge in [-0.05, 0) is 36.2 Å². The molecule has 2 aromatic carbocycles. The van der Waals surface area contributed by atoms with Gasteiger partial charge in [0, 0.05) is 50.5 Å². The topological polar surface area (TPSA) is 27.7 Å². The Bertz CT molecular complexity index is 709. The fourth-order valence-electron chi connectivity index (χ4n) is 4.03. The average Bonchev–Trinajstić information content (AvgIpc) is 2.69. The van der Waals surface area contributed by atoms with Gasteiger partial charge in [-0.2, -0.15) is 0 Å². The number of rotatable bonds is 4. The first kappa shape index (κ1) is 16.4. The normalized spacial score (nSPS) is 18.0. The average molecular weight is 337 g/mol. The maximum atomic E-state index is 5.58. The predicted octanol–water partition coefficient (Wildman–Crippen LogP) is 2.66. The van der Waals surface area contributed by atoms with Crippen LogP contribution in [0.15, 0.2) is 42.5 Å². The van der Waals surface area contributed by atoms with E-state index in [1.54, 1.807) is 7.11 Å². The van der Waals surface area contributed by atoms with Crippen molar-refractivity contribution in [3.8, 4) is 5.75 Å². The van der Waals surface area contributed by atoms with Crippen molar-refractivity contribution >= 4 is 5.69 Å². The van der Waals surface area contributed by atoms with E-state index >= 15 is 0 Å². The van der Waals surface area contributed by atoms with Gasteiger partial charge >= 0.3 is 0 Å². The van der Waals surface area contributed by atoms with Gasteiger partial charge < -0.3 is 15.0 Å². The van der Waals surface area contributed by atoms with Crippen LogP contribution in [0.1, 0.15) is 16.7 Å². The molecule has 0 spiro atoms. The second kappa shape index (κ2) is 7.46. The van der Waals surface area contributed by atoms with E-state index < -0.39 is 0 Å². The number of methoxy groups -OCH3 is 1. The van der Waals surface area contributed by atoms with Crippen molar-refractivity contribution in [2.45, 2.75) is 19.5 Å². The highest BCUT2D eigenvalue weighted by Crippen LogP contribution is 2.33. The Morgan fingerprint density at radius 1 is 0.960 bits per heavy atom. The number of hydrogen-bond acceptors (Lipinski definition) is 4. The van der Waals surface area contributed by atoms with Crippen LogP contribution in [0.5, 0.6) is 5.75 Å². The molecule has 1 fully saturated rings. The molecular weight excluding hydrogens is 310 g/mol. The molecule has 25 heavy (non-hydrogen) atoms. The molecule has 0 radical (unpaired) electrons. The summed E-state index contributed by atoms with van der Waals surface area (Å²) < 4.78 is 5.58. The van der Waals surface area contributed by atoms with Crippen molar-refractivity contribution in [1.29, 1.82) is 0 Å². The SMILES string of the molecule is COc1ccc(N2CCN(Cc3ccccc3)CC2)c2c1CCNC2. The molecule has 0 aromatic heterocycles. The molecule has 0 bridgehead atoms. The number of nitrogens with one attached hydrogen (secondary N) is 1. The largest absolute Gasteiger partial charge is 0.496 e. The highest BCUT2D eigenvalue weighted by molar-refractivity contribution is 5.62. The minimum Gasteiger partial charge on any atom is -0.496 e. The van der Waals surface area contributed by atoms with E-state index in [2.05, 4.69) is 57.6 Å². The molecular formula is C21H27N3O. The zero-order valence-electron chi connectivity index (χ0n) is 15.0. The summed E-state index contributed by atoms with van der Waals surface area (Å²) in [7, 11) is 1.78. The van der Waals surface area contributed by atoms with Gasteiger partial charge in [0.2, 0.25) is 0 Å². The van der Waals surface area contributed by atoms with Crippen molar-refractivity contribution in [3.05, 3.63) is 59.2 Å². The Morgan fingerprint density at radius 3 is 2.52 bits per heavy atom. The molecule has 2 aliphatic rings. The second-order valence-electron chi connectivity index (χ2n) is 6.92. The number of nitrogens with zero attached hydrogens (tertiary/aromatic N) is 2. The van der Waals surface area contributed by atoms with E-state index in [4.69, 9.17) is 4.74 Å². The third-order valence-electron chi connectivity index (χ3n) is 5.40. The van der Waals surface area contributed by atoms with Gasteiger partial charge in [0.05, 0.1) is 7.11 Å². The Hall–Kier alpha value is -2.04. The molecule has 4 heteroatoms. The summed E-state index contributed by atoms with van der Waals surface area (Å²) in [6.45, 7) is 7.45. The minimum absolute atomic E-state index is 0.950. The van der Waals surface area contributed by atoms with Crippen LogP contribution in [-0.2, 0) is 19.5 Å². The van der Waals surface area contributed by atoms with Crippen LogP contribution in [0.3, 0.4) is 0 Å². The Labute approximate surface area is 150 Å². The van der Waals surface area contributed by atoms with Gasteiger partial charge in [0.15, 0.2) is 0 Å². The van der Waals surface area contributed by atoms with Gasteiger partial charge in [-0.1, -0.05) is 30.3 Å². The lowest BCUT2D eigenvalue weighted by molar-refractivity contribution is 0.249. The van der Waals surface area contributed by atoms with Crippen LogP contribution in [0.4, 0.5) is 5.69 Å². The lowest BCUT2D eigenvalue weighted by Gasteiger charge is -2.38. The number of hydrogen-bond donors (Lipinski definition) is 1. The predicted molar refractivity (Wildman–Crippen MR) is 102 cm³/mol. The fourth-order valence-corrected chi connectivity index (χ4v) is 4.03. The first-order valence-corrected chi connectivity index (χ1v) is 9.26. The Morgan fingerprint density at radius 2 is 1.76 bits per heavy atom. The van der Waals surface area contributed by atoms with Crippen molar-refractivity contribution in [2.75, 3.05) is 44.7 Å². The molecule has 0 amide bonds. The maximum Gasteiger partial charge on any atom is 0.122 e. The van der Waals surface area contributed by atoms with E-state index in [0.29, 0.717) is 0 Å². The molecule has 0 aliphatic carbocycles. The number of anilines is 1. The van der Waals surface area contributed by atoms with Crippen molar-refractivity contribution in [3.63, 3.8) is 0 Å². The first-order chi connectivity index (χ1) is 12.3. The van der Waals surface area contributed by atoms with Crippen LogP contribution >= 0.6 is 0 Å². The van der Waals surface area contributed by atoms with E-state index in [1.807, 2.05) is 0 Å². The van der Waals surface area contributed by atoms with E-state index in [1.165, 1.54) is 22.4 Å². The summed E-state index contributed by atoms with van der Waals surface area (Å²) in [5.74, 6) is 1.04. The summed E-state index contributed by atoms with van der Waals surface area (Å²) in [5.41, 5.74) is 5.62. The Balaban J connectivity index is 1.46. The van der Waals surface area contributed by atoms with Crippen molar-refractivity contribution in [2.24, 2.45) is 0 Å². The van der Waals surface area contributed by atoms with Crippen LogP contribution < -0.4 is 15.0 Å². The van der Waals surface area contributed by atoms with Gasteiger partial charge in [0.1, 0.15) is 5.75 Å². The molecule has 4 rings (SSSR count). The first-order valence-electron chi connectivity index (χ1n) is 9.26. The molecule has 0 atom stereocenters. The summed E-state index contributed by atoms with van der Waals surface area (Å²) in [6, 6.07) is 15.2. The summed E-state index contributed by atoms with van der Waals surface area (Å²) >= 11 is 0. The molecule has 2 aliphatic heterocycles. The summed E-state index contributed by atoms with van der Waals surface area (Å²) in [4.78, 5) is 5.10. The number of benzene rings is 2. The molecule has 0 unspecified atom stereocenters. The monoisotopic (exact) mass is 337 g/mol. The third-order valence-corrected chi connectivity index (χ3v) is 5.40. The second-order valence-corrected chi connectivity index (χ2v) is 6.92. The summed E-state index contributed by atoms with van der Waals surface area (Å²) in [6.07, 6.45) is 1.06. The smallest absolute Gasteiger partial charge is 0.122 e. The molecule has 2 heterocycles. The highest BCUT2D eigenvalue weighted by atomic mass is 16.5. The molecule has 132 valence electrons. The fraction of sp³-hybridized carbons (Fsp3) is 0.429. The van der Waals surface area contributed by atoms with Crippen LogP contribution in [0.25, 0.3) is 0 Å². The quantitative estimate of drug-likeness (QED) is 0.928. The maximum absolute atomic E-state index is 5.58. The van der Waals surface area contributed by atoms with E-state index in [0.717, 1.165) is 58.0 Å². The summed E-state index contributed by atoms with van der Waals surface area (Å²) in [5, 5.41) is 3.52. The van der Waals surface area contributed by atoms with Crippen molar-refractivity contribution < 1.29 is 4.74 Å². The molecule has 2 aromatic rings. The Kier molecular flexibility index (Phi) is 4.90. The van der Waals surface area contributed by atoms with Gasteiger partial charge in [-0.3, -0.25) is 4.90 Å². The zero-order valence-corrected chi connectivity index (χ0v) is 15.0. The zero-order chi connectivity index (χ0) is 17.1. The molecule has 4 nitrogen and oxygen atoms in total. The van der Waals surface area contributed by atoms with E-state index in [-0.39, 0.29) is 0 Å². The third kappa shape index (κ3) is 3.51. The van der Waals surface area contributed by atoms with E-state index in [9.17, 15) is 0 Å².